The van der Waals surface area contributed by atoms with Gasteiger partial charge in [-0.2, -0.15) is 0 Å². The van der Waals surface area contributed by atoms with Gasteiger partial charge in [0.2, 0.25) is 11.9 Å². The molecule has 1 amide bonds. The molecule has 0 radical (unpaired) electrons. The minimum Gasteiger partial charge on any atom is -0.294 e. The van der Waals surface area contributed by atoms with Gasteiger partial charge in [-0.1, -0.05) is 0 Å². The van der Waals surface area contributed by atoms with E-state index in [1.54, 1.807) is 6.20 Å². The maximum Gasteiger partial charge on any atom is 0.229 e. The minimum absolute atomic E-state index is 0.0493. The molecule has 1 fully saturated rings. The molecule has 0 unspecified atom stereocenters. The zero-order valence-electron chi connectivity index (χ0n) is 8.37. The molecule has 74 valence electrons. The van der Waals surface area contributed by atoms with Crippen molar-refractivity contribution in [2.24, 2.45) is 5.92 Å². The molecule has 1 heterocycles. The van der Waals surface area contributed by atoms with Gasteiger partial charge in [-0.3, -0.25) is 10.1 Å². The summed E-state index contributed by atoms with van der Waals surface area (Å²) in [6, 6.07) is 0. The van der Waals surface area contributed by atoms with Crippen molar-refractivity contribution < 1.29 is 4.79 Å². The van der Waals surface area contributed by atoms with Crippen LogP contribution in [0.4, 0.5) is 5.95 Å². The molecule has 0 aromatic carbocycles. The summed E-state index contributed by atoms with van der Waals surface area (Å²) in [4.78, 5) is 19.6. The van der Waals surface area contributed by atoms with E-state index >= 15 is 0 Å². The first kappa shape index (κ1) is 9.12. The van der Waals surface area contributed by atoms with Crippen LogP contribution in [-0.4, -0.2) is 15.9 Å². The summed E-state index contributed by atoms with van der Waals surface area (Å²) in [5.74, 6) is 0.665. The molecule has 0 spiro atoms. The molecule has 1 aromatic heterocycles. The zero-order chi connectivity index (χ0) is 10.1. The first-order valence-electron chi connectivity index (χ1n) is 4.78. The SMILES string of the molecule is Cc1cnc(NC(=O)C2CC2)nc1C. The molecule has 1 saturated carbocycles. The lowest BCUT2D eigenvalue weighted by atomic mass is 10.3. The number of hydrogen-bond acceptors (Lipinski definition) is 3. The normalized spacial score (nSPS) is 15.3. The summed E-state index contributed by atoms with van der Waals surface area (Å²) in [6.45, 7) is 3.85. The standard InChI is InChI=1S/C10H13N3O/c1-6-5-11-10(12-7(6)2)13-9(14)8-3-4-8/h5,8H,3-4H2,1-2H3,(H,11,12,13,14). The zero-order valence-corrected chi connectivity index (χ0v) is 8.37. The van der Waals surface area contributed by atoms with Crippen molar-refractivity contribution in [3.05, 3.63) is 17.5 Å². The minimum atomic E-state index is 0.0493. The van der Waals surface area contributed by atoms with Crippen LogP contribution in [0, 0.1) is 19.8 Å². The van der Waals surface area contributed by atoms with Gasteiger partial charge in [0, 0.05) is 17.8 Å². The second kappa shape index (κ2) is 3.36. The highest BCUT2D eigenvalue weighted by Gasteiger charge is 2.30. The van der Waals surface area contributed by atoms with Crippen LogP contribution in [0.2, 0.25) is 0 Å². The van der Waals surface area contributed by atoms with Crippen molar-refractivity contribution in [2.75, 3.05) is 5.32 Å². The Bertz CT molecular complexity index is 372. The second-order valence-corrected chi connectivity index (χ2v) is 3.73. The average molecular weight is 191 g/mol. The predicted molar refractivity (Wildman–Crippen MR) is 52.9 cm³/mol. The maximum absolute atomic E-state index is 11.4. The molecule has 4 nitrogen and oxygen atoms in total. The molecule has 0 aliphatic heterocycles. The third-order valence-corrected chi connectivity index (χ3v) is 2.41. The van der Waals surface area contributed by atoms with E-state index in [1.807, 2.05) is 13.8 Å². The molecule has 4 heteroatoms. The fourth-order valence-corrected chi connectivity index (χ4v) is 1.15. The van der Waals surface area contributed by atoms with Gasteiger partial charge < -0.3 is 0 Å². The number of amides is 1. The number of aryl methyl sites for hydroxylation is 2. The monoisotopic (exact) mass is 191 g/mol. The Morgan fingerprint density at radius 3 is 2.79 bits per heavy atom. The summed E-state index contributed by atoms with van der Waals surface area (Å²) >= 11 is 0. The predicted octanol–water partition coefficient (Wildman–Crippen LogP) is 1.44. The number of nitrogens with zero attached hydrogens (tertiary/aromatic N) is 2. The Kier molecular flexibility index (Phi) is 2.19. The van der Waals surface area contributed by atoms with Gasteiger partial charge in [-0.15, -0.1) is 0 Å². The van der Waals surface area contributed by atoms with Gasteiger partial charge in [0.05, 0.1) is 0 Å². The number of rotatable bonds is 2. The van der Waals surface area contributed by atoms with E-state index in [4.69, 9.17) is 0 Å². The third-order valence-electron chi connectivity index (χ3n) is 2.41. The van der Waals surface area contributed by atoms with Crippen LogP contribution in [0.25, 0.3) is 0 Å². The van der Waals surface area contributed by atoms with Crippen LogP contribution in [0.5, 0.6) is 0 Å². The largest absolute Gasteiger partial charge is 0.294 e. The van der Waals surface area contributed by atoms with Gasteiger partial charge in [0.15, 0.2) is 0 Å². The van der Waals surface area contributed by atoms with Crippen molar-refractivity contribution in [3.63, 3.8) is 0 Å². The van der Waals surface area contributed by atoms with Gasteiger partial charge in [0.25, 0.3) is 0 Å². The number of carbonyl (C=O) groups is 1. The molecule has 14 heavy (non-hydrogen) atoms. The highest BCUT2D eigenvalue weighted by atomic mass is 16.2. The molecular weight excluding hydrogens is 178 g/mol. The molecule has 0 saturated heterocycles. The summed E-state index contributed by atoms with van der Waals surface area (Å²) in [5.41, 5.74) is 1.94. The Morgan fingerprint density at radius 1 is 1.50 bits per heavy atom. The van der Waals surface area contributed by atoms with Crippen LogP contribution in [0.3, 0.4) is 0 Å². The molecule has 1 N–H and O–H groups in total. The van der Waals surface area contributed by atoms with Gasteiger partial charge in [0.1, 0.15) is 0 Å². The average Bonchev–Trinajstić information content (AvgIpc) is 2.94. The Hall–Kier alpha value is -1.45. The quantitative estimate of drug-likeness (QED) is 0.769. The number of nitrogens with one attached hydrogen (secondary N) is 1. The fraction of sp³-hybridized carbons (Fsp3) is 0.500. The smallest absolute Gasteiger partial charge is 0.229 e. The molecule has 1 aliphatic rings. The van der Waals surface area contributed by atoms with Gasteiger partial charge in [-0.25, -0.2) is 9.97 Å². The summed E-state index contributed by atoms with van der Waals surface area (Å²) < 4.78 is 0. The van der Waals surface area contributed by atoms with E-state index in [1.165, 1.54) is 0 Å². The molecule has 0 atom stereocenters. The van der Waals surface area contributed by atoms with Crippen LogP contribution in [-0.2, 0) is 4.79 Å². The molecule has 1 aromatic rings. The van der Waals surface area contributed by atoms with E-state index < -0.39 is 0 Å². The lowest BCUT2D eigenvalue weighted by Gasteiger charge is -2.04. The highest BCUT2D eigenvalue weighted by Crippen LogP contribution is 2.29. The van der Waals surface area contributed by atoms with Crippen molar-refractivity contribution in [2.45, 2.75) is 26.7 Å². The molecular formula is C10H13N3O. The Labute approximate surface area is 82.8 Å². The summed E-state index contributed by atoms with van der Waals surface area (Å²) in [6.07, 6.45) is 3.72. The Balaban J connectivity index is 2.08. The van der Waals surface area contributed by atoms with Crippen LogP contribution in [0.15, 0.2) is 6.20 Å². The topological polar surface area (TPSA) is 54.9 Å². The van der Waals surface area contributed by atoms with Gasteiger partial charge >= 0.3 is 0 Å². The van der Waals surface area contributed by atoms with E-state index in [2.05, 4.69) is 15.3 Å². The van der Waals surface area contributed by atoms with Crippen molar-refractivity contribution in [1.29, 1.82) is 0 Å². The molecule has 2 rings (SSSR count). The lowest BCUT2D eigenvalue weighted by Crippen LogP contribution is -2.15. The van der Waals surface area contributed by atoms with E-state index in [0.29, 0.717) is 5.95 Å². The van der Waals surface area contributed by atoms with Crippen LogP contribution >= 0.6 is 0 Å². The molecule has 0 bridgehead atoms. The second-order valence-electron chi connectivity index (χ2n) is 3.73. The van der Waals surface area contributed by atoms with Crippen LogP contribution in [0.1, 0.15) is 24.1 Å². The Morgan fingerprint density at radius 2 is 2.21 bits per heavy atom. The fourth-order valence-electron chi connectivity index (χ4n) is 1.15. The van der Waals surface area contributed by atoms with Gasteiger partial charge in [-0.05, 0) is 32.3 Å². The highest BCUT2D eigenvalue weighted by molar-refractivity contribution is 5.92. The molecule has 1 aliphatic carbocycles. The van der Waals surface area contributed by atoms with Crippen molar-refractivity contribution in [3.8, 4) is 0 Å². The van der Waals surface area contributed by atoms with E-state index in [-0.39, 0.29) is 11.8 Å². The third kappa shape index (κ3) is 1.89. The van der Waals surface area contributed by atoms with Crippen molar-refractivity contribution >= 4 is 11.9 Å². The van der Waals surface area contributed by atoms with E-state index in [0.717, 1.165) is 24.1 Å². The summed E-state index contributed by atoms with van der Waals surface area (Å²) in [7, 11) is 0. The number of aromatic nitrogens is 2. The first-order chi connectivity index (χ1) is 6.66. The number of hydrogen-bond donors (Lipinski definition) is 1. The summed E-state index contributed by atoms with van der Waals surface area (Å²) in [5, 5.41) is 2.71. The lowest BCUT2D eigenvalue weighted by molar-refractivity contribution is -0.117. The van der Waals surface area contributed by atoms with Crippen molar-refractivity contribution in [1.82, 2.24) is 9.97 Å². The van der Waals surface area contributed by atoms with Crippen LogP contribution < -0.4 is 5.32 Å². The number of anilines is 1. The maximum atomic E-state index is 11.4. The van der Waals surface area contributed by atoms with E-state index in [9.17, 15) is 4.79 Å². The number of carbonyl (C=O) groups excluding carboxylic acids is 1. The first-order valence-corrected chi connectivity index (χ1v) is 4.78.